The third-order valence-electron chi connectivity index (χ3n) is 2.72. The number of halogens is 3. The van der Waals surface area contributed by atoms with Crippen LogP contribution >= 0.6 is 34.8 Å². The minimum atomic E-state index is -0.0234. The third kappa shape index (κ3) is 3.27. The summed E-state index contributed by atoms with van der Waals surface area (Å²) < 4.78 is 0. The molecule has 0 amide bonds. The second kappa shape index (κ2) is 5.98. The zero-order chi connectivity index (χ0) is 11.4. The van der Waals surface area contributed by atoms with Crippen LogP contribution in [0.2, 0.25) is 10.0 Å². The predicted octanol–water partition coefficient (Wildman–Crippen LogP) is 5.71. The van der Waals surface area contributed by atoms with Crippen LogP contribution in [0.5, 0.6) is 0 Å². The Kier molecular flexibility index (Phi) is 5.25. The van der Waals surface area contributed by atoms with Gasteiger partial charge in [0.2, 0.25) is 0 Å². The molecule has 0 N–H and O–H groups in total. The standard InChI is InChI=1S/C12H15Cl3/c1-3-8(4-2)12(15)10-6-5-9(13)7-11(10)14/h5-8,12H,3-4H2,1-2H3. The molecular formula is C12H15Cl3. The van der Waals surface area contributed by atoms with E-state index in [2.05, 4.69) is 13.8 Å². The summed E-state index contributed by atoms with van der Waals surface area (Å²) in [5.41, 5.74) is 0.983. The Labute approximate surface area is 107 Å². The van der Waals surface area contributed by atoms with E-state index in [1.165, 1.54) is 0 Å². The van der Waals surface area contributed by atoms with Crippen LogP contribution in [-0.2, 0) is 0 Å². The van der Waals surface area contributed by atoms with Gasteiger partial charge in [0.15, 0.2) is 0 Å². The molecule has 0 aliphatic rings. The van der Waals surface area contributed by atoms with Gasteiger partial charge in [0, 0.05) is 10.0 Å². The highest BCUT2D eigenvalue weighted by atomic mass is 35.5. The zero-order valence-electron chi connectivity index (χ0n) is 8.93. The molecule has 0 bridgehead atoms. The van der Waals surface area contributed by atoms with Gasteiger partial charge < -0.3 is 0 Å². The van der Waals surface area contributed by atoms with E-state index < -0.39 is 0 Å². The first kappa shape index (κ1) is 13.2. The summed E-state index contributed by atoms with van der Waals surface area (Å²) >= 11 is 18.4. The summed E-state index contributed by atoms with van der Waals surface area (Å²) in [6.07, 6.45) is 2.12. The van der Waals surface area contributed by atoms with Gasteiger partial charge in [0.25, 0.3) is 0 Å². The van der Waals surface area contributed by atoms with Gasteiger partial charge in [-0.3, -0.25) is 0 Å². The van der Waals surface area contributed by atoms with Crippen molar-refractivity contribution in [2.75, 3.05) is 0 Å². The molecule has 0 spiro atoms. The molecule has 0 aliphatic heterocycles. The van der Waals surface area contributed by atoms with Gasteiger partial charge in [-0.2, -0.15) is 0 Å². The molecule has 84 valence electrons. The average Bonchev–Trinajstić information content (AvgIpc) is 2.19. The molecule has 1 atom stereocenters. The van der Waals surface area contributed by atoms with E-state index in [9.17, 15) is 0 Å². The fourth-order valence-electron chi connectivity index (χ4n) is 1.68. The van der Waals surface area contributed by atoms with Crippen molar-refractivity contribution in [1.29, 1.82) is 0 Å². The summed E-state index contributed by atoms with van der Waals surface area (Å²) in [5.74, 6) is 0.463. The Morgan fingerprint density at radius 2 is 1.73 bits per heavy atom. The summed E-state index contributed by atoms with van der Waals surface area (Å²) in [6, 6.07) is 5.50. The van der Waals surface area contributed by atoms with Gasteiger partial charge in [-0.15, -0.1) is 11.6 Å². The van der Waals surface area contributed by atoms with Crippen LogP contribution in [-0.4, -0.2) is 0 Å². The van der Waals surface area contributed by atoms with E-state index in [-0.39, 0.29) is 5.38 Å². The van der Waals surface area contributed by atoms with Gasteiger partial charge in [0.1, 0.15) is 0 Å². The molecule has 3 heteroatoms. The summed E-state index contributed by atoms with van der Waals surface area (Å²) in [4.78, 5) is 0. The first-order chi connectivity index (χ1) is 7.10. The molecule has 0 nitrogen and oxygen atoms in total. The zero-order valence-corrected chi connectivity index (χ0v) is 11.2. The van der Waals surface area contributed by atoms with Crippen molar-refractivity contribution in [3.63, 3.8) is 0 Å². The molecule has 1 aromatic carbocycles. The molecular weight excluding hydrogens is 250 g/mol. The topological polar surface area (TPSA) is 0 Å². The van der Waals surface area contributed by atoms with E-state index in [0.29, 0.717) is 16.0 Å². The van der Waals surface area contributed by atoms with Crippen LogP contribution in [0, 0.1) is 5.92 Å². The Balaban J connectivity index is 2.94. The first-order valence-electron chi connectivity index (χ1n) is 5.19. The van der Waals surface area contributed by atoms with Crippen LogP contribution in [0.1, 0.15) is 37.6 Å². The van der Waals surface area contributed by atoms with Crippen LogP contribution < -0.4 is 0 Å². The summed E-state index contributed by atoms with van der Waals surface area (Å²) in [5, 5.41) is 1.29. The lowest BCUT2D eigenvalue weighted by Crippen LogP contribution is -2.06. The van der Waals surface area contributed by atoms with Gasteiger partial charge in [0.05, 0.1) is 5.38 Å². The van der Waals surface area contributed by atoms with Crippen molar-refractivity contribution in [2.24, 2.45) is 5.92 Å². The summed E-state index contributed by atoms with van der Waals surface area (Å²) in [7, 11) is 0. The second-order valence-corrected chi connectivity index (χ2v) is 4.96. The average molecular weight is 266 g/mol. The predicted molar refractivity (Wildman–Crippen MR) is 69.1 cm³/mol. The lowest BCUT2D eigenvalue weighted by Gasteiger charge is -2.20. The molecule has 0 saturated heterocycles. The lowest BCUT2D eigenvalue weighted by atomic mass is 9.94. The van der Waals surface area contributed by atoms with Gasteiger partial charge >= 0.3 is 0 Å². The fraction of sp³-hybridized carbons (Fsp3) is 0.500. The number of hydrogen-bond donors (Lipinski definition) is 0. The Bertz CT molecular complexity index is 319. The van der Waals surface area contributed by atoms with Gasteiger partial charge in [-0.25, -0.2) is 0 Å². The molecule has 1 rings (SSSR count). The highest BCUT2D eigenvalue weighted by molar-refractivity contribution is 6.35. The SMILES string of the molecule is CCC(CC)C(Cl)c1ccc(Cl)cc1Cl. The van der Waals surface area contributed by atoms with Crippen molar-refractivity contribution in [3.05, 3.63) is 33.8 Å². The number of rotatable bonds is 4. The maximum absolute atomic E-state index is 6.40. The second-order valence-electron chi connectivity index (χ2n) is 3.64. The van der Waals surface area contributed by atoms with E-state index in [0.717, 1.165) is 18.4 Å². The molecule has 0 aliphatic carbocycles. The van der Waals surface area contributed by atoms with Crippen LogP contribution in [0.15, 0.2) is 18.2 Å². The van der Waals surface area contributed by atoms with Crippen LogP contribution in [0.4, 0.5) is 0 Å². The minimum Gasteiger partial charge on any atom is -0.117 e. The maximum atomic E-state index is 6.40. The Hall–Kier alpha value is 0.0900. The number of benzene rings is 1. The molecule has 0 radical (unpaired) electrons. The number of alkyl halides is 1. The lowest BCUT2D eigenvalue weighted by molar-refractivity contribution is 0.476. The van der Waals surface area contributed by atoms with E-state index in [1.54, 1.807) is 6.07 Å². The van der Waals surface area contributed by atoms with Crippen molar-refractivity contribution >= 4 is 34.8 Å². The number of hydrogen-bond acceptors (Lipinski definition) is 0. The van der Waals surface area contributed by atoms with E-state index in [1.807, 2.05) is 12.1 Å². The van der Waals surface area contributed by atoms with Crippen LogP contribution in [0.3, 0.4) is 0 Å². The molecule has 0 saturated carbocycles. The molecule has 0 aromatic heterocycles. The monoisotopic (exact) mass is 264 g/mol. The third-order valence-corrected chi connectivity index (χ3v) is 3.88. The highest BCUT2D eigenvalue weighted by Crippen LogP contribution is 2.37. The highest BCUT2D eigenvalue weighted by Gasteiger charge is 2.20. The molecule has 0 fully saturated rings. The minimum absolute atomic E-state index is 0.0234. The van der Waals surface area contributed by atoms with Crippen molar-refractivity contribution < 1.29 is 0 Å². The normalized spacial score (nSPS) is 13.2. The molecule has 0 heterocycles. The maximum Gasteiger partial charge on any atom is 0.0627 e. The molecule has 1 unspecified atom stereocenters. The van der Waals surface area contributed by atoms with Gasteiger partial charge in [-0.1, -0.05) is 56.0 Å². The van der Waals surface area contributed by atoms with Crippen molar-refractivity contribution in [1.82, 2.24) is 0 Å². The van der Waals surface area contributed by atoms with Crippen molar-refractivity contribution in [3.8, 4) is 0 Å². The largest absolute Gasteiger partial charge is 0.117 e. The quantitative estimate of drug-likeness (QED) is 0.612. The van der Waals surface area contributed by atoms with E-state index in [4.69, 9.17) is 34.8 Å². The smallest absolute Gasteiger partial charge is 0.0627 e. The Morgan fingerprint density at radius 1 is 1.13 bits per heavy atom. The summed E-state index contributed by atoms with van der Waals surface area (Å²) in [6.45, 7) is 4.29. The van der Waals surface area contributed by atoms with Gasteiger partial charge in [-0.05, 0) is 23.6 Å². The first-order valence-corrected chi connectivity index (χ1v) is 6.38. The molecule has 15 heavy (non-hydrogen) atoms. The van der Waals surface area contributed by atoms with Crippen LogP contribution in [0.25, 0.3) is 0 Å². The molecule has 1 aromatic rings. The van der Waals surface area contributed by atoms with E-state index >= 15 is 0 Å². The Morgan fingerprint density at radius 3 is 2.20 bits per heavy atom. The fourth-order valence-corrected chi connectivity index (χ4v) is 2.81. The van der Waals surface area contributed by atoms with Crippen molar-refractivity contribution in [2.45, 2.75) is 32.1 Å².